The van der Waals surface area contributed by atoms with Crippen LogP contribution >= 0.6 is 0 Å². The Morgan fingerprint density at radius 1 is 1.18 bits per heavy atom. The molecule has 0 unspecified atom stereocenters. The third kappa shape index (κ3) is 2.14. The minimum absolute atomic E-state index is 0.262. The van der Waals surface area contributed by atoms with Crippen molar-refractivity contribution in [3.05, 3.63) is 59.6 Å². The highest BCUT2D eigenvalue weighted by Gasteiger charge is 2.15. The number of benzene rings is 2. The molecule has 3 rings (SSSR count). The Hall–Kier alpha value is -2.73. The van der Waals surface area contributed by atoms with Gasteiger partial charge in [0.1, 0.15) is 5.75 Å². The largest absolute Gasteiger partial charge is 0.508 e. The molecule has 0 atom stereocenters. The monoisotopic (exact) mass is 290 g/mol. The van der Waals surface area contributed by atoms with Gasteiger partial charge in [0.15, 0.2) is 0 Å². The first-order valence-corrected chi connectivity index (χ1v) is 7.34. The van der Waals surface area contributed by atoms with E-state index < -0.39 is 0 Å². The summed E-state index contributed by atoms with van der Waals surface area (Å²) >= 11 is 0. The molecule has 22 heavy (non-hydrogen) atoms. The van der Waals surface area contributed by atoms with Gasteiger partial charge in [-0.3, -0.25) is 0 Å². The van der Waals surface area contributed by atoms with Gasteiger partial charge in [-0.15, -0.1) is 0 Å². The molecule has 0 amide bonds. The Morgan fingerprint density at radius 2 is 1.95 bits per heavy atom. The summed E-state index contributed by atoms with van der Waals surface area (Å²) in [6.45, 7) is 13.5. The van der Waals surface area contributed by atoms with Crippen molar-refractivity contribution in [2.45, 2.75) is 26.8 Å². The van der Waals surface area contributed by atoms with Crippen LogP contribution in [0, 0.1) is 13.5 Å². The lowest BCUT2D eigenvalue weighted by molar-refractivity contribution is 0.471. The van der Waals surface area contributed by atoms with Crippen molar-refractivity contribution in [1.29, 1.82) is 0 Å². The van der Waals surface area contributed by atoms with Gasteiger partial charge < -0.3 is 9.67 Å². The standard InChI is InChI=1S/C19H18N2O/c1-12(2)21-11-17(20-4)16-7-5-6-15(19(16)21)14-9-8-13(3)18(22)10-14/h5-12,22H,1-3H3. The summed E-state index contributed by atoms with van der Waals surface area (Å²) in [6, 6.07) is 12.0. The summed E-state index contributed by atoms with van der Waals surface area (Å²) in [7, 11) is 0. The van der Waals surface area contributed by atoms with Crippen molar-refractivity contribution in [3.63, 3.8) is 0 Å². The molecule has 0 aliphatic carbocycles. The van der Waals surface area contributed by atoms with Gasteiger partial charge in [0, 0.05) is 28.7 Å². The van der Waals surface area contributed by atoms with E-state index in [1.807, 2.05) is 43.5 Å². The Balaban J connectivity index is 2.37. The number of fused-ring (bicyclic) bond motifs is 1. The summed E-state index contributed by atoms with van der Waals surface area (Å²) in [5.74, 6) is 0.294. The molecule has 0 spiro atoms. The van der Waals surface area contributed by atoms with Gasteiger partial charge in [0.05, 0.1) is 6.57 Å². The molecule has 3 aromatic rings. The third-order valence-electron chi connectivity index (χ3n) is 4.03. The van der Waals surface area contributed by atoms with E-state index in [-0.39, 0.29) is 6.04 Å². The zero-order chi connectivity index (χ0) is 15.9. The van der Waals surface area contributed by atoms with Crippen LogP contribution in [0.15, 0.2) is 42.6 Å². The highest BCUT2D eigenvalue weighted by atomic mass is 16.3. The summed E-state index contributed by atoms with van der Waals surface area (Å²) in [5, 5.41) is 11.0. The molecular formula is C19H18N2O. The summed E-state index contributed by atoms with van der Waals surface area (Å²) in [6.07, 6.45) is 1.92. The van der Waals surface area contributed by atoms with E-state index in [0.717, 1.165) is 27.6 Å². The van der Waals surface area contributed by atoms with Gasteiger partial charge in [-0.05, 0) is 38.0 Å². The quantitative estimate of drug-likeness (QED) is 0.624. The second kappa shape index (κ2) is 5.23. The lowest BCUT2D eigenvalue weighted by atomic mass is 10.0. The van der Waals surface area contributed by atoms with E-state index in [0.29, 0.717) is 11.4 Å². The second-order valence-electron chi connectivity index (χ2n) is 5.83. The Kier molecular flexibility index (Phi) is 3.38. The molecule has 1 aromatic heterocycles. The van der Waals surface area contributed by atoms with Crippen molar-refractivity contribution in [3.8, 4) is 16.9 Å². The maximum absolute atomic E-state index is 10.0. The van der Waals surface area contributed by atoms with Gasteiger partial charge in [0.2, 0.25) is 5.69 Å². The molecule has 1 N–H and O–H groups in total. The smallest absolute Gasteiger partial charge is 0.212 e. The van der Waals surface area contributed by atoms with E-state index in [1.165, 1.54) is 0 Å². The summed E-state index contributed by atoms with van der Waals surface area (Å²) in [4.78, 5) is 3.65. The number of aromatic nitrogens is 1. The van der Waals surface area contributed by atoms with Crippen molar-refractivity contribution in [1.82, 2.24) is 4.57 Å². The van der Waals surface area contributed by atoms with Crippen LogP contribution in [0.5, 0.6) is 5.75 Å². The van der Waals surface area contributed by atoms with Crippen molar-refractivity contribution in [2.24, 2.45) is 0 Å². The van der Waals surface area contributed by atoms with Gasteiger partial charge in [0.25, 0.3) is 0 Å². The Morgan fingerprint density at radius 3 is 2.59 bits per heavy atom. The van der Waals surface area contributed by atoms with Crippen LogP contribution in [-0.2, 0) is 0 Å². The van der Waals surface area contributed by atoms with E-state index in [2.05, 4.69) is 23.3 Å². The summed E-state index contributed by atoms with van der Waals surface area (Å²) in [5.41, 5.74) is 4.58. The highest BCUT2D eigenvalue weighted by Crippen LogP contribution is 2.38. The molecule has 2 aromatic carbocycles. The number of hydrogen-bond acceptors (Lipinski definition) is 1. The SMILES string of the molecule is [C-]#[N+]c1cn(C(C)C)c2c(-c3ccc(C)c(O)c3)cccc12. The number of hydrogen-bond donors (Lipinski definition) is 1. The van der Waals surface area contributed by atoms with E-state index in [4.69, 9.17) is 6.57 Å². The molecule has 1 heterocycles. The minimum atomic E-state index is 0.262. The number of nitrogens with zero attached hydrogens (tertiary/aromatic N) is 2. The fourth-order valence-corrected chi connectivity index (χ4v) is 2.80. The number of phenols is 1. The molecule has 0 aliphatic heterocycles. The molecule has 0 aliphatic rings. The maximum atomic E-state index is 10.0. The molecule has 0 saturated heterocycles. The molecule has 0 fully saturated rings. The highest BCUT2D eigenvalue weighted by molar-refractivity contribution is 6.02. The van der Waals surface area contributed by atoms with Crippen LogP contribution in [-0.4, -0.2) is 9.67 Å². The van der Waals surface area contributed by atoms with Crippen LogP contribution in [0.3, 0.4) is 0 Å². The van der Waals surface area contributed by atoms with Crippen LogP contribution in [0.2, 0.25) is 0 Å². The van der Waals surface area contributed by atoms with E-state index in [1.54, 1.807) is 6.07 Å². The van der Waals surface area contributed by atoms with Crippen LogP contribution in [0.1, 0.15) is 25.5 Å². The van der Waals surface area contributed by atoms with E-state index >= 15 is 0 Å². The molecule has 3 nitrogen and oxygen atoms in total. The minimum Gasteiger partial charge on any atom is -0.508 e. The van der Waals surface area contributed by atoms with Gasteiger partial charge >= 0.3 is 0 Å². The predicted octanol–water partition coefficient (Wildman–Crippen LogP) is 5.45. The van der Waals surface area contributed by atoms with Gasteiger partial charge in [-0.25, -0.2) is 4.85 Å². The molecule has 0 bridgehead atoms. The molecule has 3 heteroatoms. The normalized spacial score (nSPS) is 11.0. The topological polar surface area (TPSA) is 29.5 Å². The van der Waals surface area contributed by atoms with Crippen molar-refractivity contribution in [2.75, 3.05) is 0 Å². The van der Waals surface area contributed by atoms with Crippen LogP contribution in [0.4, 0.5) is 5.69 Å². The summed E-state index contributed by atoms with van der Waals surface area (Å²) < 4.78 is 2.13. The first kappa shape index (κ1) is 14.2. The van der Waals surface area contributed by atoms with Gasteiger partial charge in [-0.1, -0.05) is 30.3 Å². The van der Waals surface area contributed by atoms with E-state index in [9.17, 15) is 5.11 Å². The van der Waals surface area contributed by atoms with Crippen molar-refractivity contribution >= 4 is 16.6 Å². The van der Waals surface area contributed by atoms with Crippen LogP contribution in [0.25, 0.3) is 26.9 Å². The molecule has 0 saturated carbocycles. The zero-order valence-corrected chi connectivity index (χ0v) is 13.0. The third-order valence-corrected chi connectivity index (χ3v) is 4.03. The Labute approximate surface area is 130 Å². The zero-order valence-electron chi connectivity index (χ0n) is 13.0. The molecule has 0 radical (unpaired) electrons. The number of phenolic OH excluding ortho intramolecular Hbond substituents is 1. The number of para-hydroxylation sites is 1. The average molecular weight is 290 g/mol. The number of aromatic hydroxyl groups is 1. The lowest BCUT2D eigenvalue weighted by Crippen LogP contribution is -1.99. The maximum Gasteiger partial charge on any atom is 0.212 e. The Bertz CT molecular complexity index is 898. The molecule has 110 valence electrons. The molecular weight excluding hydrogens is 272 g/mol. The average Bonchev–Trinajstić information content (AvgIpc) is 2.89. The number of aryl methyl sites for hydroxylation is 1. The first-order valence-electron chi connectivity index (χ1n) is 7.34. The van der Waals surface area contributed by atoms with Crippen LogP contribution < -0.4 is 0 Å². The predicted molar refractivity (Wildman–Crippen MR) is 90.4 cm³/mol. The fourth-order valence-electron chi connectivity index (χ4n) is 2.80. The second-order valence-corrected chi connectivity index (χ2v) is 5.83. The van der Waals surface area contributed by atoms with Crippen molar-refractivity contribution < 1.29 is 5.11 Å². The number of rotatable bonds is 2. The first-order chi connectivity index (χ1) is 10.5. The lowest BCUT2D eigenvalue weighted by Gasteiger charge is -2.14. The van der Waals surface area contributed by atoms with Gasteiger partial charge in [-0.2, -0.15) is 0 Å². The fraction of sp³-hybridized carbons (Fsp3) is 0.211.